The highest BCUT2D eigenvalue weighted by Crippen LogP contribution is 2.40. The number of aliphatic hydroxyl groups is 1. The number of halogens is 1. The number of hydrogen-bond donors (Lipinski definition) is 1. The van der Waals surface area contributed by atoms with Crippen LogP contribution >= 0.6 is 15.9 Å². The van der Waals surface area contributed by atoms with Crippen molar-refractivity contribution >= 4 is 27.6 Å². The van der Waals surface area contributed by atoms with Gasteiger partial charge in [0.05, 0.1) is 24.4 Å². The summed E-state index contributed by atoms with van der Waals surface area (Å²) in [7, 11) is 0. The predicted molar refractivity (Wildman–Crippen MR) is 104 cm³/mol. The second kappa shape index (κ2) is 7.16. The molecular formula is C21H16BrNO5. The quantitative estimate of drug-likeness (QED) is 0.578. The largest absolute Gasteiger partial charge is 0.503 e. The Kier molecular flexibility index (Phi) is 4.68. The Balaban J connectivity index is 1.80. The SMILES string of the molecule is Cc1ccc(C(=O)C2=C(O)C(=O)N(Cc3ccco3)C2c2ccc(Br)cc2)o1. The van der Waals surface area contributed by atoms with Crippen molar-refractivity contribution in [2.24, 2.45) is 0 Å². The molecule has 142 valence electrons. The Morgan fingerprint density at radius 2 is 1.93 bits per heavy atom. The fraction of sp³-hybridized carbons (Fsp3) is 0.143. The second-order valence-electron chi connectivity index (χ2n) is 6.47. The van der Waals surface area contributed by atoms with Gasteiger partial charge in [-0.15, -0.1) is 0 Å². The summed E-state index contributed by atoms with van der Waals surface area (Å²) < 4.78 is 11.7. The zero-order valence-electron chi connectivity index (χ0n) is 14.9. The van der Waals surface area contributed by atoms with Crippen LogP contribution in [0.25, 0.3) is 0 Å². The van der Waals surface area contributed by atoms with Crippen LogP contribution in [0.1, 0.15) is 33.7 Å². The maximum absolute atomic E-state index is 13.1. The molecule has 1 aromatic carbocycles. The molecule has 4 rings (SSSR count). The van der Waals surface area contributed by atoms with Gasteiger partial charge in [0.1, 0.15) is 11.5 Å². The lowest BCUT2D eigenvalue weighted by molar-refractivity contribution is -0.130. The first kappa shape index (κ1) is 18.3. The van der Waals surface area contributed by atoms with Crippen molar-refractivity contribution in [3.05, 3.63) is 93.4 Å². The summed E-state index contributed by atoms with van der Waals surface area (Å²) in [5.74, 6) is -0.525. The zero-order valence-corrected chi connectivity index (χ0v) is 16.5. The molecule has 1 aliphatic rings. The van der Waals surface area contributed by atoms with E-state index in [1.54, 1.807) is 37.3 Å². The first-order chi connectivity index (χ1) is 13.5. The van der Waals surface area contributed by atoms with Crippen LogP contribution in [0.15, 0.2) is 79.4 Å². The van der Waals surface area contributed by atoms with E-state index in [1.165, 1.54) is 17.2 Å². The number of aliphatic hydroxyl groups excluding tert-OH is 1. The molecule has 0 saturated heterocycles. The van der Waals surface area contributed by atoms with Crippen LogP contribution in [-0.4, -0.2) is 21.7 Å². The summed E-state index contributed by atoms with van der Waals surface area (Å²) in [6.07, 6.45) is 1.51. The van der Waals surface area contributed by atoms with Gasteiger partial charge in [-0.05, 0) is 48.9 Å². The summed E-state index contributed by atoms with van der Waals surface area (Å²) in [5, 5.41) is 10.6. The molecule has 6 nitrogen and oxygen atoms in total. The highest BCUT2D eigenvalue weighted by Gasteiger charge is 2.44. The Morgan fingerprint density at radius 1 is 1.18 bits per heavy atom. The number of carbonyl (C=O) groups is 2. The maximum atomic E-state index is 13.1. The number of hydrogen-bond acceptors (Lipinski definition) is 5. The van der Waals surface area contributed by atoms with Gasteiger partial charge in [0, 0.05) is 4.47 Å². The Bertz CT molecular complexity index is 1060. The van der Waals surface area contributed by atoms with Crippen LogP contribution in [0, 0.1) is 6.92 Å². The lowest BCUT2D eigenvalue weighted by atomic mass is 9.95. The van der Waals surface area contributed by atoms with E-state index in [2.05, 4.69) is 15.9 Å². The standard InChI is InChI=1S/C21H16BrNO5/c1-12-4-9-16(28-12)19(24)17-18(13-5-7-14(22)8-6-13)23(21(26)20(17)25)11-15-3-2-10-27-15/h2-10,18,25H,11H2,1H3. The Labute approximate surface area is 169 Å². The number of nitrogens with zero attached hydrogens (tertiary/aromatic N) is 1. The molecule has 7 heteroatoms. The number of carbonyl (C=O) groups excluding carboxylic acids is 2. The van der Waals surface area contributed by atoms with Gasteiger partial charge in [-0.3, -0.25) is 9.59 Å². The summed E-state index contributed by atoms with van der Waals surface area (Å²) in [5.41, 5.74) is 0.687. The topological polar surface area (TPSA) is 83.9 Å². The minimum absolute atomic E-state index is 0.00627. The van der Waals surface area contributed by atoms with Crippen molar-refractivity contribution < 1.29 is 23.5 Å². The Hall–Kier alpha value is -3.06. The summed E-state index contributed by atoms with van der Waals surface area (Å²) in [6, 6.07) is 13.1. The first-order valence-corrected chi connectivity index (χ1v) is 9.38. The van der Waals surface area contributed by atoms with E-state index < -0.39 is 23.5 Å². The lowest BCUT2D eigenvalue weighted by Gasteiger charge is -2.26. The molecular weight excluding hydrogens is 426 g/mol. The number of aryl methyl sites for hydroxylation is 1. The third kappa shape index (κ3) is 3.18. The zero-order chi connectivity index (χ0) is 19.8. The van der Waals surface area contributed by atoms with Gasteiger partial charge < -0.3 is 18.8 Å². The molecule has 1 N–H and O–H groups in total. The average molecular weight is 442 g/mol. The number of furan rings is 2. The van der Waals surface area contributed by atoms with Gasteiger partial charge in [-0.2, -0.15) is 0 Å². The van der Waals surface area contributed by atoms with Crippen molar-refractivity contribution in [2.45, 2.75) is 19.5 Å². The third-order valence-corrected chi connectivity index (χ3v) is 5.13. The van der Waals surface area contributed by atoms with Crippen LogP contribution in [0.4, 0.5) is 0 Å². The van der Waals surface area contributed by atoms with Crippen molar-refractivity contribution in [1.29, 1.82) is 0 Å². The molecule has 1 amide bonds. The molecule has 1 aliphatic heterocycles. The molecule has 2 aromatic heterocycles. The van der Waals surface area contributed by atoms with Crippen LogP contribution in [0.3, 0.4) is 0 Å². The van der Waals surface area contributed by atoms with Gasteiger partial charge in [0.25, 0.3) is 5.91 Å². The van der Waals surface area contributed by atoms with Crippen molar-refractivity contribution in [3.63, 3.8) is 0 Å². The van der Waals surface area contributed by atoms with E-state index in [0.717, 1.165) is 4.47 Å². The lowest BCUT2D eigenvalue weighted by Crippen LogP contribution is -2.30. The van der Waals surface area contributed by atoms with Crippen LogP contribution < -0.4 is 0 Å². The number of Topliss-reactive ketones (excluding diaryl/α,β-unsaturated/α-hetero) is 1. The number of ketones is 1. The van der Waals surface area contributed by atoms with Crippen molar-refractivity contribution in [1.82, 2.24) is 4.90 Å². The van der Waals surface area contributed by atoms with Gasteiger partial charge in [0.2, 0.25) is 5.78 Å². The van der Waals surface area contributed by atoms with E-state index in [-0.39, 0.29) is 17.9 Å². The van der Waals surface area contributed by atoms with Gasteiger partial charge >= 0.3 is 0 Å². The highest BCUT2D eigenvalue weighted by atomic mass is 79.9. The summed E-state index contributed by atoms with van der Waals surface area (Å²) >= 11 is 3.39. The number of rotatable bonds is 5. The molecule has 1 atom stereocenters. The summed E-state index contributed by atoms with van der Waals surface area (Å²) in [4.78, 5) is 27.3. The molecule has 1 unspecified atom stereocenters. The highest BCUT2D eigenvalue weighted by molar-refractivity contribution is 9.10. The molecule has 0 bridgehead atoms. The minimum Gasteiger partial charge on any atom is -0.503 e. The molecule has 3 aromatic rings. The first-order valence-electron chi connectivity index (χ1n) is 8.59. The fourth-order valence-electron chi connectivity index (χ4n) is 3.30. The number of benzene rings is 1. The van der Waals surface area contributed by atoms with E-state index in [1.807, 2.05) is 12.1 Å². The van der Waals surface area contributed by atoms with Gasteiger partial charge in [-0.1, -0.05) is 28.1 Å². The molecule has 28 heavy (non-hydrogen) atoms. The molecule has 0 radical (unpaired) electrons. The van der Waals surface area contributed by atoms with Gasteiger partial charge in [0.15, 0.2) is 11.5 Å². The second-order valence-corrected chi connectivity index (χ2v) is 7.38. The van der Waals surface area contributed by atoms with E-state index in [9.17, 15) is 14.7 Å². The van der Waals surface area contributed by atoms with E-state index in [4.69, 9.17) is 8.83 Å². The van der Waals surface area contributed by atoms with Crippen molar-refractivity contribution in [3.8, 4) is 0 Å². The molecule has 0 aliphatic carbocycles. The Morgan fingerprint density at radius 3 is 2.54 bits per heavy atom. The molecule has 0 spiro atoms. The maximum Gasteiger partial charge on any atom is 0.290 e. The van der Waals surface area contributed by atoms with Gasteiger partial charge in [-0.25, -0.2) is 0 Å². The van der Waals surface area contributed by atoms with Crippen LogP contribution in [0.5, 0.6) is 0 Å². The fourth-order valence-corrected chi connectivity index (χ4v) is 3.56. The number of amides is 1. The summed E-state index contributed by atoms with van der Waals surface area (Å²) in [6.45, 7) is 1.84. The van der Waals surface area contributed by atoms with Crippen LogP contribution in [0.2, 0.25) is 0 Å². The van der Waals surface area contributed by atoms with Crippen LogP contribution in [-0.2, 0) is 11.3 Å². The van der Waals surface area contributed by atoms with E-state index in [0.29, 0.717) is 17.1 Å². The molecule has 0 saturated carbocycles. The monoisotopic (exact) mass is 441 g/mol. The molecule has 0 fully saturated rings. The smallest absolute Gasteiger partial charge is 0.290 e. The van der Waals surface area contributed by atoms with Crippen molar-refractivity contribution in [2.75, 3.05) is 0 Å². The molecule has 3 heterocycles. The third-order valence-electron chi connectivity index (χ3n) is 4.60. The average Bonchev–Trinajstić information content (AvgIpc) is 3.40. The minimum atomic E-state index is -0.761. The van der Waals surface area contributed by atoms with E-state index >= 15 is 0 Å². The normalized spacial score (nSPS) is 16.9. The predicted octanol–water partition coefficient (Wildman–Crippen LogP) is 4.72.